The topological polar surface area (TPSA) is 108 Å². The first-order chi connectivity index (χ1) is 40.5. The number of nitrogens with zero attached hydrogens (tertiary/aromatic N) is 1. The Morgan fingerprint density at radius 2 is 0.747 bits per heavy atom. The second kappa shape index (κ2) is 62.4. The van der Waals surface area contributed by atoms with Crippen molar-refractivity contribution < 1.29 is 32.9 Å². The number of phosphoric acid groups is 1. The van der Waals surface area contributed by atoms with Gasteiger partial charge in [-0.2, -0.15) is 0 Å². The minimum atomic E-state index is -4.63. The van der Waals surface area contributed by atoms with Gasteiger partial charge in [0.1, 0.15) is 13.2 Å². The van der Waals surface area contributed by atoms with E-state index in [1.807, 2.05) is 27.2 Å². The van der Waals surface area contributed by atoms with Crippen molar-refractivity contribution in [3.8, 4) is 0 Å². The molecule has 0 aliphatic carbocycles. The van der Waals surface area contributed by atoms with E-state index in [1.165, 1.54) is 89.9 Å². The molecule has 0 saturated heterocycles. The standard InChI is InChI=1S/C74H123N2O6P/c1-6-8-10-12-14-16-18-20-22-24-26-28-29-30-31-32-33-34-35-36-37-38-39-40-41-42-43-44-45-46-47-48-50-52-54-56-58-60-62-64-66-68-74(78)75-72(71-82-83(79,80)81-70-69-76(3,4)5)73(77)67-65-63-61-59-57-55-53-51-49-27-25-23-21-19-17-15-13-11-9-7-2/h8,10,14,16,20,22,26,28,30-31,33-34,36-37,39-40,42-43,45-46,48,50,54,56-57,59,65,67,72-73,77H,6-7,9,11-13,15,17-19,21,23-25,27,29,32,35,38,41,44,47,49,51-53,55,58,60-64,66,68-71H2,1-5H3,(H-,75,78,79,80)/b10-8-,16-14-,22-20-,28-26-,31-30-,34-33-,37-36-,40-39-,43-42-,46-45-,50-48-,56-54-,59-57+,67-65+. The molecule has 1 amide bonds. The summed E-state index contributed by atoms with van der Waals surface area (Å²) in [5.41, 5.74) is 0. The molecule has 0 bridgehead atoms. The number of nitrogens with one attached hydrogen (secondary N) is 1. The molecule has 3 atom stereocenters. The number of allylic oxidation sites excluding steroid dienone is 27. The SMILES string of the molecule is CC/C=C\C/C=C\C/C=C\C/C=C\C/C=C\C/C=C\C/C=C\C/C=C\C/C=C\C/C=C\C/C=C\C/C=C\CCCCCCC(=O)NC(COP(=O)([O-])OCC[N+](C)(C)C)C(O)/C=C/CC/C=C/CCCCCCCCCCCCCCCC. The van der Waals surface area contributed by atoms with Crippen LogP contribution in [-0.4, -0.2) is 68.5 Å². The molecule has 0 spiro atoms. The van der Waals surface area contributed by atoms with E-state index in [2.05, 4.69) is 177 Å². The number of unbranched alkanes of at least 4 members (excludes halogenated alkanes) is 19. The number of carbonyl (C=O) groups excluding carboxylic acids is 1. The molecule has 9 heteroatoms. The Kier molecular flexibility index (Phi) is 59.3. The highest BCUT2D eigenvalue weighted by molar-refractivity contribution is 7.45. The van der Waals surface area contributed by atoms with E-state index < -0.39 is 26.6 Å². The molecule has 0 aliphatic rings. The second-order valence-corrected chi connectivity index (χ2v) is 24.1. The van der Waals surface area contributed by atoms with Crippen LogP contribution in [-0.2, 0) is 18.4 Å². The summed E-state index contributed by atoms with van der Waals surface area (Å²) in [6, 6.07) is -0.931. The predicted molar refractivity (Wildman–Crippen MR) is 361 cm³/mol. The van der Waals surface area contributed by atoms with Gasteiger partial charge in [-0.15, -0.1) is 0 Å². The normalized spacial score (nSPS) is 14.8. The number of rotatable bonds is 58. The number of quaternary nitrogens is 1. The number of aliphatic hydroxyl groups is 1. The van der Waals surface area contributed by atoms with Gasteiger partial charge >= 0.3 is 0 Å². The van der Waals surface area contributed by atoms with Crippen molar-refractivity contribution in [2.45, 2.75) is 251 Å². The first-order valence-corrected chi connectivity index (χ1v) is 34.5. The first kappa shape index (κ1) is 78.9. The molecule has 0 rings (SSSR count). The molecule has 470 valence electrons. The molecule has 0 aromatic heterocycles. The summed E-state index contributed by atoms with van der Waals surface area (Å²) in [4.78, 5) is 25.6. The molecule has 0 fully saturated rings. The third-order valence-corrected chi connectivity index (χ3v) is 14.6. The summed E-state index contributed by atoms with van der Waals surface area (Å²) in [6.07, 6.45) is 98.8. The molecule has 0 aromatic rings. The Morgan fingerprint density at radius 1 is 0.434 bits per heavy atom. The summed E-state index contributed by atoms with van der Waals surface area (Å²) in [5.74, 6) is -0.238. The van der Waals surface area contributed by atoms with Gasteiger partial charge in [-0.05, 0) is 122 Å². The molecule has 0 aromatic carbocycles. The fourth-order valence-electron chi connectivity index (χ4n) is 8.56. The highest BCUT2D eigenvalue weighted by Crippen LogP contribution is 2.38. The molecule has 0 radical (unpaired) electrons. The van der Waals surface area contributed by atoms with Crippen LogP contribution in [0.4, 0.5) is 0 Å². The Morgan fingerprint density at radius 3 is 1.12 bits per heavy atom. The number of hydrogen-bond acceptors (Lipinski definition) is 6. The van der Waals surface area contributed by atoms with Gasteiger partial charge in [-0.1, -0.05) is 280 Å². The van der Waals surface area contributed by atoms with Crippen molar-refractivity contribution in [2.24, 2.45) is 0 Å². The average Bonchev–Trinajstić information content (AvgIpc) is 3.49. The van der Waals surface area contributed by atoms with E-state index >= 15 is 0 Å². The number of likely N-dealkylation sites (N-methyl/N-ethyl adjacent to an activating group) is 1. The molecular formula is C74H123N2O6P. The fraction of sp³-hybridized carbons (Fsp3) is 0.608. The molecule has 0 saturated carbocycles. The lowest BCUT2D eigenvalue weighted by molar-refractivity contribution is -0.870. The minimum Gasteiger partial charge on any atom is -0.756 e. The van der Waals surface area contributed by atoms with Crippen LogP contribution in [0.3, 0.4) is 0 Å². The highest BCUT2D eigenvalue weighted by atomic mass is 31.2. The highest BCUT2D eigenvalue weighted by Gasteiger charge is 2.23. The van der Waals surface area contributed by atoms with E-state index in [-0.39, 0.29) is 12.5 Å². The lowest BCUT2D eigenvalue weighted by Gasteiger charge is -2.29. The Bertz CT molecular complexity index is 1960. The van der Waals surface area contributed by atoms with E-state index in [0.29, 0.717) is 23.9 Å². The van der Waals surface area contributed by atoms with Gasteiger partial charge in [0.05, 0.1) is 39.9 Å². The van der Waals surface area contributed by atoms with E-state index in [0.717, 1.165) is 122 Å². The van der Waals surface area contributed by atoms with Crippen LogP contribution in [0, 0.1) is 0 Å². The van der Waals surface area contributed by atoms with Crippen molar-refractivity contribution in [3.63, 3.8) is 0 Å². The number of aliphatic hydroxyl groups excluding tert-OH is 1. The summed E-state index contributed by atoms with van der Waals surface area (Å²) in [5, 5.41) is 13.9. The van der Waals surface area contributed by atoms with Crippen molar-refractivity contribution in [1.29, 1.82) is 0 Å². The quantitative estimate of drug-likeness (QED) is 0.0272. The van der Waals surface area contributed by atoms with Crippen molar-refractivity contribution in [2.75, 3.05) is 40.9 Å². The summed E-state index contributed by atoms with van der Waals surface area (Å²) >= 11 is 0. The van der Waals surface area contributed by atoms with Gasteiger partial charge in [0.15, 0.2) is 0 Å². The van der Waals surface area contributed by atoms with Gasteiger partial charge in [0, 0.05) is 6.42 Å². The van der Waals surface area contributed by atoms with Crippen LogP contribution in [0.2, 0.25) is 0 Å². The third kappa shape index (κ3) is 65.3. The van der Waals surface area contributed by atoms with Gasteiger partial charge in [-0.3, -0.25) is 9.36 Å². The van der Waals surface area contributed by atoms with Gasteiger partial charge in [-0.25, -0.2) is 0 Å². The maximum Gasteiger partial charge on any atom is 0.268 e. The molecule has 0 aliphatic heterocycles. The zero-order chi connectivity index (χ0) is 60.5. The van der Waals surface area contributed by atoms with E-state index in [9.17, 15) is 19.4 Å². The maximum absolute atomic E-state index is 13.0. The van der Waals surface area contributed by atoms with Crippen LogP contribution in [0.1, 0.15) is 239 Å². The molecule has 0 heterocycles. The van der Waals surface area contributed by atoms with Crippen molar-refractivity contribution in [3.05, 3.63) is 170 Å². The Labute approximate surface area is 511 Å². The maximum atomic E-state index is 13.0. The van der Waals surface area contributed by atoms with Crippen molar-refractivity contribution >= 4 is 13.7 Å². The second-order valence-electron chi connectivity index (χ2n) is 22.7. The summed E-state index contributed by atoms with van der Waals surface area (Å²) in [6.45, 7) is 4.48. The van der Waals surface area contributed by atoms with Crippen LogP contribution in [0.5, 0.6) is 0 Å². The summed E-state index contributed by atoms with van der Waals surface area (Å²) < 4.78 is 23.4. The van der Waals surface area contributed by atoms with E-state index in [1.54, 1.807) is 6.08 Å². The number of carbonyl (C=O) groups is 1. The monoisotopic (exact) mass is 1170 g/mol. The van der Waals surface area contributed by atoms with Crippen LogP contribution >= 0.6 is 7.82 Å². The fourth-order valence-corrected chi connectivity index (χ4v) is 9.28. The van der Waals surface area contributed by atoms with E-state index in [4.69, 9.17) is 9.05 Å². The largest absolute Gasteiger partial charge is 0.756 e. The van der Waals surface area contributed by atoms with Crippen LogP contribution in [0.25, 0.3) is 0 Å². The molecule has 2 N–H and O–H groups in total. The number of phosphoric ester groups is 1. The van der Waals surface area contributed by atoms with Crippen molar-refractivity contribution in [1.82, 2.24) is 5.32 Å². The number of amides is 1. The zero-order valence-electron chi connectivity index (χ0n) is 53.6. The lowest BCUT2D eigenvalue weighted by atomic mass is 10.0. The van der Waals surface area contributed by atoms with Crippen LogP contribution < -0.4 is 10.2 Å². The Hall–Kier alpha value is -4.14. The minimum absolute atomic E-state index is 0.0206. The number of hydrogen-bond donors (Lipinski definition) is 2. The van der Waals surface area contributed by atoms with Crippen LogP contribution in [0.15, 0.2) is 170 Å². The van der Waals surface area contributed by atoms with Gasteiger partial charge in [0.2, 0.25) is 5.91 Å². The Balaban J connectivity index is 4.25. The molecule has 3 unspecified atom stereocenters. The first-order valence-electron chi connectivity index (χ1n) is 33.0. The van der Waals surface area contributed by atoms with Gasteiger partial charge < -0.3 is 28.8 Å². The summed E-state index contributed by atoms with van der Waals surface area (Å²) in [7, 11) is 1.20. The zero-order valence-corrected chi connectivity index (χ0v) is 54.5. The molecular weight excluding hydrogens is 1040 g/mol. The lowest BCUT2D eigenvalue weighted by Crippen LogP contribution is -2.45. The average molecular weight is 1170 g/mol. The smallest absolute Gasteiger partial charge is 0.268 e. The third-order valence-electron chi connectivity index (χ3n) is 13.7. The van der Waals surface area contributed by atoms with Gasteiger partial charge in [0.25, 0.3) is 7.82 Å². The molecule has 83 heavy (non-hydrogen) atoms. The predicted octanol–water partition coefficient (Wildman–Crippen LogP) is 20.5. The molecule has 8 nitrogen and oxygen atoms in total.